The molecular formula is C15H18N6O9. The SMILES string of the molecule is NC(=O)CC[C@H](NC(=O)[C@H](CC(N)=O)Nc1ccc([N+](=O)[O-])cc1[N+](=O)[O-])C(=O)O. The second-order valence-corrected chi connectivity index (χ2v) is 5.99. The molecule has 0 bridgehead atoms. The summed E-state index contributed by atoms with van der Waals surface area (Å²) in [6, 6.07) is -0.540. The Morgan fingerprint density at radius 1 is 1.03 bits per heavy atom. The number of carboxylic acids is 1. The van der Waals surface area contributed by atoms with Crippen LogP contribution >= 0.6 is 0 Å². The van der Waals surface area contributed by atoms with E-state index in [2.05, 4.69) is 10.6 Å². The number of carbonyl (C=O) groups excluding carboxylic acids is 3. The summed E-state index contributed by atoms with van der Waals surface area (Å²) in [5.74, 6) is -4.33. The first-order valence-corrected chi connectivity index (χ1v) is 8.21. The lowest BCUT2D eigenvalue weighted by atomic mass is 10.1. The van der Waals surface area contributed by atoms with Crippen molar-refractivity contribution in [3.8, 4) is 0 Å². The fourth-order valence-electron chi connectivity index (χ4n) is 2.32. The maximum absolute atomic E-state index is 12.5. The molecule has 0 aromatic heterocycles. The number of amides is 3. The van der Waals surface area contributed by atoms with E-state index in [1.165, 1.54) is 0 Å². The standard InChI is InChI=1S/C15H18N6O9/c16-12(22)4-3-9(15(25)26)19-14(24)10(6-13(17)23)18-8-2-1-7(20(27)28)5-11(8)21(29)30/h1-2,5,9-10,18H,3-4,6H2,(H2,16,22)(H2,17,23)(H,19,24)(H,25,26)/t9-,10-/m0/s1. The van der Waals surface area contributed by atoms with Crippen LogP contribution in [0.2, 0.25) is 0 Å². The number of carbonyl (C=O) groups is 4. The average Bonchev–Trinajstić information content (AvgIpc) is 2.63. The van der Waals surface area contributed by atoms with Crippen LogP contribution in [0, 0.1) is 20.2 Å². The third-order valence-corrected chi connectivity index (χ3v) is 3.73. The number of nitrogens with two attached hydrogens (primary N) is 2. The monoisotopic (exact) mass is 426 g/mol. The van der Waals surface area contributed by atoms with E-state index in [1.54, 1.807) is 0 Å². The van der Waals surface area contributed by atoms with Gasteiger partial charge in [0, 0.05) is 12.5 Å². The first kappa shape index (κ1) is 23.7. The minimum atomic E-state index is -1.54. The molecule has 1 rings (SSSR count). The molecule has 15 heteroatoms. The van der Waals surface area contributed by atoms with Crippen molar-refractivity contribution >= 4 is 40.8 Å². The first-order chi connectivity index (χ1) is 13.9. The largest absolute Gasteiger partial charge is 0.480 e. The van der Waals surface area contributed by atoms with Crippen LogP contribution in [0.1, 0.15) is 19.3 Å². The van der Waals surface area contributed by atoms with Crippen molar-refractivity contribution in [1.82, 2.24) is 5.32 Å². The zero-order valence-corrected chi connectivity index (χ0v) is 15.3. The van der Waals surface area contributed by atoms with Gasteiger partial charge in [0.1, 0.15) is 17.8 Å². The van der Waals surface area contributed by atoms with Gasteiger partial charge in [0.15, 0.2) is 0 Å². The quantitative estimate of drug-likeness (QED) is 0.201. The molecule has 30 heavy (non-hydrogen) atoms. The molecule has 0 aliphatic carbocycles. The molecule has 162 valence electrons. The molecule has 1 aromatic carbocycles. The molecule has 2 atom stereocenters. The fourth-order valence-corrected chi connectivity index (χ4v) is 2.32. The van der Waals surface area contributed by atoms with Crippen LogP contribution in [0.3, 0.4) is 0 Å². The predicted molar refractivity (Wildman–Crippen MR) is 99.0 cm³/mol. The summed E-state index contributed by atoms with van der Waals surface area (Å²) < 4.78 is 0. The van der Waals surface area contributed by atoms with Crippen molar-refractivity contribution in [3.05, 3.63) is 38.4 Å². The van der Waals surface area contributed by atoms with Crippen LogP contribution in [-0.2, 0) is 19.2 Å². The van der Waals surface area contributed by atoms with Gasteiger partial charge in [-0.1, -0.05) is 0 Å². The normalized spacial score (nSPS) is 12.3. The van der Waals surface area contributed by atoms with Crippen LogP contribution in [0.5, 0.6) is 0 Å². The highest BCUT2D eigenvalue weighted by atomic mass is 16.6. The molecule has 0 saturated heterocycles. The lowest BCUT2D eigenvalue weighted by Crippen LogP contribution is -2.49. The Hall–Kier alpha value is -4.30. The topological polar surface area (TPSA) is 251 Å². The van der Waals surface area contributed by atoms with Gasteiger partial charge in [-0.25, -0.2) is 4.79 Å². The van der Waals surface area contributed by atoms with Crippen LogP contribution in [0.15, 0.2) is 18.2 Å². The third-order valence-electron chi connectivity index (χ3n) is 3.73. The molecule has 15 nitrogen and oxygen atoms in total. The van der Waals surface area contributed by atoms with Gasteiger partial charge in [0.2, 0.25) is 17.7 Å². The van der Waals surface area contributed by atoms with Gasteiger partial charge < -0.3 is 27.2 Å². The number of primary amides is 2. The summed E-state index contributed by atoms with van der Waals surface area (Å²) in [6.07, 6.45) is -1.36. The number of nitro benzene ring substituents is 2. The Bertz CT molecular complexity index is 887. The number of hydrogen-bond acceptors (Lipinski definition) is 9. The van der Waals surface area contributed by atoms with Crippen molar-refractivity contribution in [3.63, 3.8) is 0 Å². The zero-order valence-electron chi connectivity index (χ0n) is 15.3. The Morgan fingerprint density at radius 3 is 2.13 bits per heavy atom. The average molecular weight is 426 g/mol. The number of hydrogen-bond donors (Lipinski definition) is 5. The smallest absolute Gasteiger partial charge is 0.326 e. The molecule has 0 radical (unpaired) electrons. The lowest BCUT2D eigenvalue weighted by Gasteiger charge is -2.21. The summed E-state index contributed by atoms with van der Waals surface area (Å²) >= 11 is 0. The highest BCUT2D eigenvalue weighted by Crippen LogP contribution is 2.29. The molecule has 0 spiro atoms. The van der Waals surface area contributed by atoms with Gasteiger partial charge in [-0.15, -0.1) is 0 Å². The number of nitrogens with one attached hydrogen (secondary N) is 2. The van der Waals surface area contributed by atoms with Gasteiger partial charge in [0.05, 0.1) is 22.3 Å². The third kappa shape index (κ3) is 7.02. The second-order valence-electron chi connectivity index (χ2n) is 5.99. The van der Waals surface area contributed by atoms with Gasteiger partial charge >= 0.3 is 5.97 Å². The highest BCUT2D eigenvalue weighted by molar-refractivity contribution is 5.93. The lowest BCUT2D eigenvalue weighted by molar-refractivity contribution is -0.393. The van der Waals surface area contributed by atoms with Gasteiger partial charge in [-0.3, -0.25) is 34.6 Å². The van der Waals surface area contributed by atoms with Crippen molar-refractivity contribution in [2.75, 3.05) is 5.32 Å². The van der Waals surface area contributed by atoms with Crippen LogP contribution in [0.25, 0.3) is 0 Å². The molecule has 0 unspecified atom stereocenters. The van der Waals surface area contributed by atoms with Gasteiger partial charge in [-0.2, -0.15) is 0 Å². The van der Waals surface area contributed by atoms with E-state index in [0.29, 0.717) is 6.07 Å². The zero-order chi connectivity index (χ0) is 23.0. The van der Waals surface area contributed by atoms with Crippen molar-refractivity contribution in [2.45, 2.75) is 31.3 Å². The number of benzene rings is 1. The number of non-ortho nitro benzene ring substituents is 1. The summed E-state index contributed by atoms with van der Waals surface area (Å²) in [4.78, 5) is 66.1. The van der Waals surface area contributed by atoms with E-state index in [4.69, 9.17) is 16.6 Å². The second kappa shape index (κ2) is 10.3. The Kier molecular flexibility index (Phi) is 8.15. The molecule has 1 aromatic rings. The summed E-state index contributed by atoms with van der Waals surface area (Å²) in [6.45, 7) is 0. The molecule has 0 aliphatic rings. The van der Waals surface area contributed by atoms with Crippen molar-refractivity contribution < 1.29 is 34.1 Å². The Balaban J connectivity index is 3.15. The Labute approximate surface area is 167 Å². The molecule has 7 N–H and O–H groups in total. The molecule has 0 aliphatic heterocycles. The summed E-state index contributed by atoms with van der Waals surface area (Å²) in [7, 11) is 0. The molecule has 0 fully saturated rings. The maximum Gasteiger partial charge on any atom is 0.326 e. The van der Waals surface area contributed by atoms with Crippen molar-refractivity contribution in [1.29, 1.82) is 0 Å². The molecule has 0 saturated carbocycles. The van der Waals surface area contributed by atoms with E-state index in [-0.39, 0.29) is 18.5 Å². The highest BCUT2D eigenvalue weighted by Gasteiger charge is 2.29. The predicted octanol–water partition coefficient (Wildman–Crippen LogP) is -1.01. The maximum atomic E-state index is 12.5. The number of rotatable bonds is 12. The van der Waals surface area contributed by atoms with E-state index in [9.17, 15) is 39.4 Å². The van der Waals surface area contributed by atoms with E-state index in [1.807, 2.05) is 0 Å². The summed E-state index contributed by atoms with van der Waals surface area (Å²) in [5, 5.41) is 35.6. The van der Waals surface area contributed by atoms with E-state index >= 15 is 0 Å². The minimum Gasteiger partial charge on any atom is -0.480 e. The number of aliphatic carboxylic acids is 1. The van der Waals surface area contributed by atoms with Gasteiger partial charge in [0.25, 0.3) is 11.4 Å². The molecular weight excluding hydrogens is 408 g/mol. The number of carboxylic acid groups (broad SMARTS) is 1. The minimum absolute atomic E-state index is 0.336. The molecule has 0 heterocycles. The van der Waals surface area contributed by atoms with Crippen LogP contribution < -0.4 is 22.1 Å². The van der Waals surface area contributed by atoms with Gasteiger partial charge in [-0.05, 0) is 12.5 Å². The van der Waals surface area contributed by atoms with E-state index in [0.717, 1.165) is 12.1 Å². The number of nitro groups is 2. The Morgan fingerprint density at radius 2 is 1.67 bits per heavy atom. The van der Waals surface area contributed by atoms with Crippen molar-refractivity contribution in [2.24, 2.45) is 11.5 Å². The van der Waals surface area contributed by atoms with Crippen LogP contribution in [0.4, 0.5) is 17.1 Å². The molecule has 3 amide bonds. The summed E-state index contributed by atoms with van der Waals surface area (Å²) in [5.41, 5.74) is 8.35. The first-order valence-electron chi connectivity index (χ1n) is 8.21. The van der Waals surface area contributed by atoms with Crippen LogP contribution in [-0.4, -0.2) is 50.7 Å². The fraction of sp³-hybridized carbons (Fsp3) is 0.333. The number of anilines is 1. The number of nitrogens with zero attached hydrogens (tertiary/aromatic N) is 2. The van der Waals surface area contributed by atoms with E-state index < -0.39 is 63.4 Å².